The molecule has 3 aromatic carbocycles. The first-order valence-corrected chi connectivity index (χ1v) is 14.3. The third-order valence-corrected chi connectivity index (χ3v) is 7.70. The number of ether oxygens (including phenoxy) is 2. The third kappa shape index (κ3) is 7.37. The summed E-state index contributed by atoms with van der Waals surface area (Å²) in [5.74, 6) is 1.71. The first-order chi connectivity index (χ1) is 19.8. The number of fused-ring (bicyclic) bond motifs is 1. The lowest BCUT2D eigenvalue weighted by Gasteiger charge is -2.15. The van der Waals surface area contributed by atoms with E-state index >= 15 is 0 Å². The summed E-state index contributed by atoms with van der Waals surface area (Å²) in [4.78, 5) is 0. The number of halogens is 1. The van der Waals surface area contributed by atoms with Gasteiger partial charge < -0.3 is 28.7 Å². The second-order valence-electron chi connectivity index (χ2n) is 8.58. The van der Waals surface area contributed by atoms with Gasteiger partial charge in [-0.15, -0.1) is 17.5 Å². The van der Waals surface area contributed by atoms with Crippen LogP contribution in [0, 0.1) is 0 Å². The van der Waals surface area contributed by atoms with E-state index in [2.05, 4.69) is 20.7 Å². The minimum Gasteiger partial charge on any atom is -0.504 e. The van der Waals surface area contributed by atoms with Gasteiger partial charge in [0.1, 0.15) is 0 Å². The molecule has 42 heavy (non-hydrogen) atoms. The van der Waals surface area contributed by atoms with Crippen LogP contribution in [0.2, 0.25) is 0 Å². The van der Waals surface area contributed by atoms with Crippen molar-refractivity contribution in [1.29, 1.82) is 0 Å². The highest BCUT2D eigenvalue weighted by atomic mass is 35.5. The highest BCUT2D eigenvalue weighted by molar-refractivity contribution is 7.57. The van der Waals surface area contributed by atoms with E-state index in [4.69, 9.17) is 18.5 Å². The van der Waals surface area contributed by atoms with Crippen molar-refractivity contribution in [2.75, 3.05) is 32.9 Å². The fraction of sp³-hybridized carbons (Fsp3) is 0.207. The number of benzene rings is 3. The molecule has 0 atom stereocenters. The molecule has 0 fully saturated rings. The van der Waals surface area contributed by atoms with Crippen LogP contribution in [0.4, 0.5) is 5.82 Å². The zero-order valence-corrected chi connectivity index (χ0v) is 25.2. The van der Waals surface area contributed by atoms with Crippen molar-refractivity contribution < 1.29 is 33.3 Å². The number of hydrazone groups is 1. The molecule has 0 unspecified atom stereocenters. The van der Waals surface area contributed by atoms with Crippen LogP contribution in [0.5, 0.6) is 23.0 Å². The largest absolute Gasteiger partial charge is 0.504 e. The number of hydrogen-bond acceptors (Lipinski definition) is 11. The highest BCUT2D eigenvalue weighted by Gasteiger charge is 2.21. The van der Waals surface area contributed by atoms with Gasteiger partial charge in [-0.2, -0.15) is 10.2 Å². The molecule has 1 aromatic heterocycles. The van der Waals surface area contributed by atoms with Gasteiger partial charge in [0.15, 0.2) is 28.8 Å². The molecule has 0 aliphatic carbocycles. The molecule has 0 bridgehead atoms. The van der Waals surface area contributed by atoms with Gasteiger partial charge >= 0.3 is 7.60 Å². The van der Waals surface area contributed by atoms with Gasteiger partial charge in [0.2, 0.25) is 0 Å². The van der Waals surface area contributed by atoms with E-state index in [1.165, 1.54) is 26.3 Å². The van der Waals surface area contributed by atoms with Crippen molar-refractivity contribution in [3.05, 3.63) is 71.7 Å². The normalized spacial score (nSPS) is 11.6. The zero-order valence-electron chi connectivity index (χ0n) is 23.5. The Morgan fingerprint density at radius 2 is 1.52 bits per heavy atom. The molecule has 1 heterocycles. The average molecular weight is 615 g/mol. The molecular formula is C29H32ClN4O7P. The monoisotopic (exact) mass is 614 g/mol. The number of phenolic OH excluding ortho intramolecular Hbond substituents is 2. The van der Waals surface area contributed by atoms with E-state index in [1.807, 2.05) is 24.3 Å². The number of hydrogen-bond donors (Lipinski definition) is 3. The number of phenols is 2. The fourth-order valence-electron chi connectivity index (χ4n) is 4.09. The maximum atomic E-state index is 12.9. The molecule has 13 heteroatoms. The lowest BCUT2D eigenvalue weighted by molar-refractivity contribution is 0.229. The molecule has 0 saturated heterocycles. The molecule has 0 saturated carbocycles. The number of nitrogens with zero attached hydrogens (tertiary/aromatic N) is 3. The number of nitrogens with one attached hydrogen (secondary N) is 1. The van der Waals surface area contributed by atoms with Crippen molar-refractivity contribution in [2.24, 2.45) is 5.10 Å². The minimum atomic E-state index is -3.48. The lowest BCUT2D eigenvalue weighted by Crippen LogP contribution is -1.97. The van der Waals surface area contributed by atoms with E-state index in [-0.39, 0.29) is 59.7 Å². The molecule has 11 nitrogen and oxygen atoms in total. The number of anilines is 1. The highest BCUT2D eigenvalue weighted by Crippen LogP contribution is 2.51. The summed E-state index contributed by atoms with van der Waals surface area (Å²) >= 11 is 0. The Labute approximate surface area is 249 Å². The van der Waals surface area contributed by atoms with E-state index in [0.29, 0.717) is 16.9 Å². The molecule has 0 radical (unpaired) electrons. The van der Waals surface area contributed by atoms with Crippen LogP contribution in [-0.4, -0.2) is 54.1 Å². The van der Waals surface area contributed by atoms with Crippen molar-refractivity contribution in [2.45, 2.75) is 13.8 Å². The van der Waals surface area contributed by atoms with Crippen LogP contribution >= 0.6 is 20.0 Å². The number of aromatic nitrogens is 2. The standard InChI is InChI=1S/C29H31N4O7P.ClH/c1-5-39-41(36,40-6-2)12-11-19-13-23(27(34)25(15-19)37-3)24-14-20(16-26(38-4)28(24)35)17-30-32-29-22-10-8-7-9-21(22)18-31-33-29;/h7-18,34-35H,5-6H2,1-4H3,(H,32,33);1H/b12-11+,30-17+;. The zero-order chi connectivity index (χ0) is 29.4. The first-order valence-electron chi connectivity index (χ1n) is 12.7. The van der Waals surface area contributed by atoms with E-state index in [0.717, 1.165) is 10.8 Å². The maximum absolute atomic E-state index is 12.9. The van der Waals surface area contributed by atoms with Crippen LogP contribution in [0.1, 0.15) is 25.0 Å². The van der Waals surface area contributed by atoms with E-state index in [1.54, 1.807) is 50.4 Å². The van der Waals surface area contributed by atoms with Gasteiger partial charge in [0.05, 0.1) is 39.8 Å². The fourth-order valence-corrected chi connectivity index (χ4v) is 5.41. The SMILES string of the molecule is CCOP(=O)(/C=C/c1cc(OC)c(O)c(-c2cc(/C=N/Nc3nncc4ccccc34)cc(OC)c2O)c1)OCC.Cl. The minimum absolute atomic E-state index is 0. The van der Waals surface area contributed by atoms with Crippen molar-refractivity contribution in [3.63, 3.8) is 0 Å². The molecule has 3 N–H and O–H groups in total. The summed E-state index contributed by atoms with van der Waals surface area (Å²) in [6.45, 7) is 3.85. The van der Waals surface area contributed by atoms with Crippen LogP contribution in [-0.2, 0) is 13.6 Å². The first kappa shape index (κ1) is 32.4. The maximum Gasteiger partial charge on any atom is 0.354 e. The van der Waals surface area contributed by atoms with Gasteiger partial charge in [0, 0.05) is 27.7 Å². The van der Waals surface area contributed by atoms with Gasteiger partial charge in [-0.3, -0.25) is 9.99 Å². The number of rotatable bonds is 12. The molecule has 0 spiro atoms. The summed E-state index contributed by atoms with van der Waals surface area (Å²) in [6.07, 6.45) is 4.73. The molecule has 0 aliphatic rings. The third-order valence-electron chi connectivity index (χ3n) is 5.95. The summed E-state index contributed by atoms with van der Waals surface area (Å²) in [5, 5.41) is 36.2. The van der Waals surface area contributed by atoms with E-state index < -0.39 is 7.60 Å². The van der Waals surface area contributed by atoms with Crippen molar-refractivity contribution in [3.8, 4) is 34.1 Å². The second-order valence-corrected chi connectivity index (χ2v) is 10.5. The molecule has 222 valence electrons. The van der Waals surface area contributed by atoms with Crippen molar-refractivity contribution >= 4 is 48.9 Å². The number of aromatic hydroxyl groups is 2. The lowest BCUT2D eigenvalue weighted by atomic mass is 9.98. The van der Waals surface area contributed by atoms with E-state index in [9.17, 15) is 14.8 Å². The molecular weight excluding hydrogens is 583 g/mol. The Bertz CT molecular complexity index is 1630. The van der Waals surface area contributed by atoms with Crippen LogP contribution < -0.4 is 14.9 Å². The predicted octanol–water partition coefficient (Wildman–Crippen LogP) is 6.83. The second kappa shape index (κ2) is 14.7. The summed E-state index contributed by atoms with van der Waals surface area (Å²) in [7, 11) is -0.654. The Kier molecular flexibility index (Phi) is 11.3. The quantitative estimate of drug-likeness (QED) is 0.0882. The molecule has 0 aliphatic heterocycles. The molecule has 4 aromatic rings. The molecule has 0 amide bonds. The van der Waals surface area contributed by atoms with Gasteiger partial charge in [-0.05, 0) is 55.3 Å². The average Bonchev–Trinajstić information content (AvgIpc) is 2.98. The summed E-state index contributed by atoms with van der Waals surface area (Å²) in [6, 6.07) is 14.0. The van der Waals surface area contributed by atoms with Crippen LogP contribution in [0.25, 0.3) is 28.0 Å². The predicted molar refractivity (Wildman–Crippen MR) is 166 cm³/mol. The molecule has 4 rings (SSSR count). The smallest absolute Gasteiger partial charge is 0.354 e. The topological polar surface area (TPSA) is 145 Å². The summed E-state index contributed by atoms with van der Waals surface area (Å²) in [5.41, 5.74) is 4.46. The van der Waals surface area contributed by atoms with Gasteiger partial charge in [-0.25, -0.2) is 0 Å². The Balaban J connectivity index is 0.00000484. The van der Waals surface area contributed by atoms with Crippen molar-refractivity contribution in [1.82, 2.24) is 10.2 Å². The van der Waals surface area contributed by atoms with Gasteiger partial charge in [0.25, 0.3) is 0 Å². The Morgan fingerprint density at radius 3 is 2.14 bits per heavy atom. The Morgan fingerprint density at radius 1 is 0.929 bits per heavy atom. The number of methoxy groups -OCH3 is 2. The van der Waals surface area contributed by atoms with Crippen LogP contribution in [0.15, 0.2) is 65.6 Å². The Hall–Kier alpha value is -4.15. The summed E-state index contributed by atoms with van der Waals surface area (Å²) < 4.78 is 34.3. The van der Waals surface area contributed by atoms with Crippen LogP contribution in [0.3, 0.4) is 0 Å². The van der Waals surface area contributed by atoms with Gasteiger partial charge in [-0.1, -0.05) is 24.3 Å².